The fourth-order valence-corrected chi connectivity index (χ4v) is 4.71. The van der Waals surface area contributed by atoms with E-state index in [-0.39, 0.29) is 5.92 Å². The Morgan fingerprint density at radius 1 is 0.886 bits per heavy atom. The smallest absolute Gasteiger partial charge is 0.426 e. The van der Waals surface area contributed by atoms with Crippen LogP contribution in [0.3, 0.4) is 0 Å². The SMILES string of the molecule is CC1CCC(/C=C/C2CCC(C#Cc3cnc(C(F)(F)Oc4ccc(F)c(F)c4)nc3)CC2)CC1. The summed E-state index contributed by atoms with van der Waals surface area (Å²) >= 11 is 0. The minimum atomic E-state index is -3.90. The van der Waals surface area contributed by atoms with Gasteiger partial charge in [0.25, 0.3) is 0 Å². The van der Waals surface area contributed by atoms with Gasteiger partial charge in [-0.15, -0.1) is 0 Å². The van der Waals surface area contributed by atoms with Gasteiger partial charge < -0.3 is 4.74 Å². The summed E-state index contributed by atoms with van der Waals surface area (Å²) in [5.41, 5.74) is 0.436. The minimum Gasteiger partial charge on any atom is -0.426 e. The number of hydrogen-bond acceptors (Lipinski definition) is 3. The molecule has 3 nitrogen and oxygen atoms in total. The summed E-state index contributed by atoms with van der Waals surface area (Å²) in [5, 5.41) is 0. The van der Waals surface area contributed by atoms with Crippen molar-refractivity contribution in [2.45, 2.75) is 64.4 Å². The van der Waals surface area contributed by atoms with Gasteiger partial charge in [0, 0.05) is 24.4 Å². The minimum absolute atomic E-state index is 0.271. The lowest BCUT2D eigenvalue weighted by Gasteiger charge is -2.26. The molecule has 2 fully saturated rings. The Labute approximate surface area is 204 Å². The molecule has 2 aliphatic carbocycles. The summed E-state index contributed by atoms with van der Waals surface area (Å²) in [6, 6.07) is 2.17. The molecule has 186 valence electrons. The molecule has 0 atom stereocenters. The topological polar surface area (TPSA) is 35.0 Å². The third-order valence-corrected chi connectivity index (χ3v) is 6.96. The summed E-state index contributed by atoms with van der Waals surface area (Å²) in [6.07, 6.45) is 12.9. The summed E-state index contributed by atoms with van der Waals surface area (Å²) in [6.45, 7) is 2.34. The fourth-order valence-electron chi connectivity index (χ4n) is 4.71. The molecule has 0 amide bonds. The molecule has 2 saturated carbocycles. The second-order valence-corrected chi connectivity index (χ2v) is 9.78. The molecule has 0 unspecified atom stereocenters. The van der Waals surface area contributed by atoms with Crippen LogP contribution in [0.25, 0.3) is 0 Å². The molecule has 4 rings (SSSR count). The van der Waals surface area contributed by atoms with Crippen molar-refractivity contribution < 1.29 is 22.3 Å². The zero-order valence-corrected chi connectivity index (χ0v) is 19.8. The largest absolute Gasteiger partial charge is 0.462 e. The van der Waals surface area contributed by atoms with E-state index in [0.29, 0.717) is 23.6 Å². The number of halogens is 4. The van der Waals surface area contributed by atoms with Gasteiger partial charge in [0.2, 0.25) is 5.82 Å². The van der Waals surface area contributed by atoms with Crippen LogP contribution in [0.4, 0.5) is 17.6 Å². The predicted molar refractivity (Wildman–Crippen MR) is 126 cm³/mol. The highest BCUT2D eigenvalue weighted by Gasteiger charge is 2.38. The molecule has 1 heterocycles. The number of alkyl halides is 2. The average Bonchev–Trinajstić information content (AvgIpc) is 2.85. The van der Waals surface area contributed by atoms with Crippen LogP contribution in [-0.2, 0) is 6.11 Å². The number of allylic oxidation sites excluding steroid dienone is 2. The van der Waals surface area contributed by atoms with Gasteiger partial charge in [-0.1, -0.05) is 43.8 Å². The summed E-state index contributed by atoms with van der Waals surface area (Å²) < 4.78 is 59.3. The van der Waals surface area contributed by atoms with E-state index in [1.54, 1.807) is 0 Å². The van der Waals surface area contributed by atoms with Gasteiger partial charge in [0.1, 0.15) is 5.75 Å². The average molecular weight is 487 g/mol. The van der Waals surface area contributed by atoms with Crippen molar-refractivity contribution >= 4 is 0 Å². The lowest BCUT2D eigenvalue weighted by Crippen LogP contribution is -2.25. The van der Waals surface area contributed by atoms with Crippen molar-refractivity contribution in [2.75, 3.05) is 0 Å². The first-order valence-electron chi connectivity index (χ1n) is 12.3. The lowest BCUT2D eigenvalue weighted by atomic mass is 9.79. The fraction of sp³-hybridized carbons (Fsp3) is 0.500. The Bertz CT molecular complexity index is 1070. The highest BCUT2D eigenvalue weighted by Crippen LogP contribution is 2.33. The zero-order chi connectivity index (χ0) is 24.8. The Kier molecular flexibility index (Phi) is 8.10. The van der Waals surface area contributed by atoms with E-state index in [9.17, 15) is 17.6 Å². The van der Waals surface area contributed by atoms with Gasteiger partial charge in [-0.2, -0.15) is 8.78 Å². The van der Waals surface area contributed by atoms with Crippen LogP contribution in [0, 0.1) is 47.1 Å². The Morgan fingerprint density at radius 2 is 1.49 bits per heavy atom. The number of hydrogen-bond donors (Lipinski definition) is 0. The van der Waals surface area contributed by atoms with E-state index < -0.39 is 29.3 Å². The molecular formula is C28H30F4N2O. The van der Waals surface area contributed by atoms with E-state index in [1.807, 2.05) is 0 Å². The van der Waals surface area contributed by atoms with Crippen molar-refractivity contribution in [2.24, 2.45) is 23.7 Å². The maximum Gasteiger partial charge on any atom is 0.462 e. The second kappa shape index (κ2) is 11.2. The summed E-state index contributed by atoms with van der Waals surface area (Å²) in [7, 11) is 0. The predicted octanol–water partition coefficient (Wildman–Crippen LogP) is 7.42. The van der Waals surface area contributed by atoms with Gasteiger partial charge in [0.05, 0.1) is 5.56 Å². The zero-order valence-electron chi connectivity index (χ0n) is 19.8. The van der Waals surface area contributed by atoms with E-state index in [4.69, 9.17) is 0 Å². The second-order valence-electron chi connectivity index (χ2n) is 9.78. The normalized spacial score (nSPS) is 25.2. The maximum absolute atomic E-state index is 14.3. The van der Waals surface area contributed by atoms with Crippen LogP contribution in [-0.4, -0.2) is 9.97 Å². The summed E-state index contributed by atoms with van der Waals surface area (Å²) in [4.78, 5) is 7.34. The molecule has 0 N–H and O–H groups in total. The number of rotatable bonds is 5. The lowest BCUT2D eigenvalue weighted by molar-refractivity contribution is -0.192. The van der Waals surface area contributed by atoms with E-state index in [0.717, 1.165) is 43.6 Å². The number of nitrogens with zero attached hydrogens (tertiary/aromatic N) is 2. The molecule has 2 aliphatic rings. The third kappa shape index (κ3) is 7.06. The molecule has 35 heavy (non-hydrogen) atoms. The van der Waals surface area contributed by atoms with Crippen molar-refractivity contribution in [1.29, 1.82) is 0 Å². The molecule has 0 saturated heterocycles. The quantitative estimate of drug-likeness (QED) is 0.251. The van der Waals surface area contributed by atoms with E-state index in [1.165, 1.54) is 38.1 Å². The molecule has 0 radical (unpaired) electrons. The highest BCUT2D eigenvalue weighted by atomic mass is 19.3. The monoisotopic (exact) mass is 486 g/mol. The molecule has 0 aliphatic heterocycles. The number of ether oxygens (including phenoxy) is 1. The van der Waals surface area contributed by atoms with Crippen molar-refractivity contribution in [1.82, 2.24) is 9.97 Å². The molecule has 1 aromatic heterocycles. The molecule has 2 aromatic rings. The van der Waals surface area contributed by atoms with Crippen molar-refractivity contribution in [3.8, 4) is 17.6 Å². The van der Waals surface area contributed by atoms with Gasteiger partial charge in [-0.05, 0) is 68.4 Å². The van der Waals surface area contributed by atoms with Crippen LogP contribution < -0.4 is 4.74 Å². The third-order valence-electron chi connectivity index (χ3n) is 6.96. The first-order valence-corrected chi connectivity index (χ1v) is 12.3. The first kappa shape index (κ1) is 25.2. The molecule has 0 spiro atoms. The van der Waals surface area contributed by atoms with Gasteiger partial charge >= 0.3 is 6.11 Å². The van der Waals surface area contributed by atoms with Gasteiger partial charge in [-0.25, -0.2) is 18.7 Å². The molecular weight excluding hydrogens is 456 g/mol. The first-order chi connectivity index (χ1) is 16.8. The van der Waals surface area contributed by atoms with Crippen LogP contribution in [0.2, 0.25) is 0 Å². The van der Waals surface area contributed by atoms with Crippen molar-refractivity contribution in [3.05, 3.63) is 65.8 Å². The number of aromatic nitrogens is 2. The highest BCUT2D eigenvalue weighted by molar-refractivity contribution is 5.31. The van der Waals surface area contributed by atoms with E-state index in [2.05, 4.69) is 45.6 Å². The Balaban J connectivity index is 1.27. The van der Waals surface area contributed by atoms with Crippen molar-refractivity contribution in [3.63, 3.8) is 0 Å². The Hall–Kier alpha value is -2.88. The van der Waals surface area contributed by atoms with Gasteiger partial charge in [-0.3, -0.25) is 0 Å². The summed E-state index contributed by atoms with van der Waals surface area (Å²) in [5.74, 6) is 4.86. The standard InChI is InChI=1S/C28H30F4N2O/c1-19-2-4-20(5-3-19)6-7-21-8-10-22(11-9-21)12-13-23-17-33-27(34-18-23)28(31,32)35-24-14-15-25(29)26(30)16-24/h6-7,14-22H,2-5,8-11H2,1H3/b7-6+. The maximum atomic E-state index is 14.3. The molecule has 0 bridgehead atoms. The van der Waals surface area contributed by atoms with Gasteiger partial charge in [0.15, 0.2) is 11.6 Å². The van der Waals surface area contributed by atoms with Crippen LogP contribution in [0.15, 0.2) is 42.7 Å². The Morgan fingerprint density at radius 3 is 2.09 bits per heavy atom. The van der Waals surface area contributed by atoms with Crippen LogP contribution in [0.1, 0.15) is 69.7 Å². The molecule has 1 aromatic carbocycles. The van der Waals surface area contributed by atoms with Crippen LogP contribution in [0.5, 0.6) is 5.75 Å². The van der Waals surface area contributed by atoms with Crippen LogP contribution >= 0.6 is 0 Å². The van der Waals surface area contributed by atoms with E-state index >= 15 is 0 Å². The number of benzene rings is 1. The molecule has 7 heteroatoms.